The average Bonchev–Trinajstić information content (AvgIpc) is 3.44. The van der Waals surface area contributed by atoms with Gasteiger partial charge in [-0.2, -0.15) is 0 Å². The number of halogens is 2. The van der Waals surface area contributed by atoms with Gasteiger partial charge in [0.05, 0.1) is 38.5 Å². The first-order chi connectivity index (χ1) is 17.7. The third-order valence-corrected chi connectivity index (χ3v) is 6.44. The predicted molar refractivity (Wildman–Crippen MR) is 132 cm³/mol. The molecule has 2 aliphatic rings. The minimum Gasteiger partial charge on any atom is -0.474 e. The zero-order chi connectivity index (χ0) is 26.7. The number of likely N-dealkylation sites (N-methyl/N-ethyl adjacent to an activating group) is 1. The quantitative estimate of drug-likeness (QED) is 0.317. The first kappa shape index (κ1) is 26.5. The fourth-order valence-electron chi connectivity index (χ4n) is 4.20. The molecule has 1 aromatic carbocycles. The summed E-state index contributed by atoms with van der Waals surface area (Å²) in [5.74, 6) is -1.55. The summed E-state index contributed by atoms with van der Waals surface area (Å²) in [5, 5.41) is 17.6. The lowest BCUT2D eigenvalue weighted by Crippen LogP contribution is -2.40. The molecule has 0 unspecified atom stereocenters. The van der Waals surface area contributed by atoms with E-state index in [0.29, 0.717) is 31.9 Å². The van der Waals surface area contributed by atoms with Crippen LogP contribution in [0.1, 0.15) is 5.76 Å². The highest BCUT2D eigenvalue weighted by molar-refractivity contribution is 7.80. The number of thiocarbonyl (C=S) groups is 1. The molecule has 0 radical (unpaired) electrons. The van der Waals surface area contributed by atoms with Crippen molar-refractivity contribution in [2.45, 2.75) is 12.6 Å². The Labute approximate surface area is 216 Å². The Morgan fingerprint density at radius 3 is 2.59 bits per heavy atom. The Hall–Kier alpha value is -3.56. The van der Waals surface area contributed by atoms with Gasteiger partial charge in [-0.15, -0.1) is 0 Å². The molecule has 4 rings (SSSR count). The second-order valence-electron chi connectivity index (χ2n) is 8.50. The number of furan rings is 1. The number of carbonyl (C=O) groups excluding carboxylic acids is 1. The van der Waals surface area contributed by atoms with Crippen molar-refractivity contribution >= 4 is 40.7 Å². The van der Waals surface area contributed by atoms with Crippen LogP contribution in [0.3, 0.4) is 0 Å². The number of nitro groups is 1. The van der Waals surface area contributed by atoms with Crippen LogP contribution in [0.2, 0.25) is 0 Å². The third-order valence-electron chi connectivity index (χ3n) is 6.13. The molecule has 1 atom stereocenters. The van der Waals surface area contributed by atoms with Gasteiger partial charge in [0.1, 0.15) is 22.5 Å². The molecule has 1 N–H and O–H groups in total. The maximum absolute atomic E-state index is 15.2. The van der Waals surface area contributed by atoms with Crippen LogP contribution in [-0.4, -0.2) is 85.7 Å². The first-order valence-electron chi connectivity index (χ1n) is 11.4. The number of benzene rings is 1. The van der Waals surface area contributed by atoms with Crippen LogP contribution < -0.4 is 15.1 Å². The van der Waals surface area contributed by atoms with Crippen molar-refractivity contribution in [2.24, 2.45) is 0 Å². The van der Waals surface area contributed by atoms with Crippen LogP contribution in [0.5, 0.6) is 0 Å². The number of anilines is 2. The van der Waals surface area contributed by atoms with E-state index in [2.05, 4.69) is 5.32 Å². The van der Waals surface area contributed by atoms with E-state index in [1.165, 1.54) is 24.1 Å². The Bertz CT molecular complexity index is 1160. The van der Waals surface area contributed by atoms with Crippen molar-refractivity contribution in [2.75, 3.05) is 63.2 Å². The highest BCUT2D eigenvalue weighted by Gasteiger charge is 2.34. The minimum absolute atomic E-state index is 0.0496. The molecular formula is C22H26F2N6O6S. The van der Waals surface area contributed by atoms with Gasteiger partial charge in [-0.1, -0.05) is 0 Å². The summed E-state index contributed by atoms with van der Waals surface area (Å²) < 4.78 is 45.8. The molecule has 1 amide bonds. The number of nitrogens with one attached hydrogen (secondary N) is 1. The second kappa shape index (κ2) is 11.2. The zero-order valence-corrected chi connectivity index (χ0v) is 21.0. The van der Waals surface area contributed by atoms with Crippen LogP contribution in [-0.2, 0) is 16.0 Å². The van der Waals surface area contributed by atoms with Crippen LogP contribution in [0.4, 0.5) is 30.8 Å². The van der Waals surface area contributed by atoms with Gasteiger partial charge in [-0.3, -0.25) is 15.0 Å². The van der Waals surface area contributed by atoms with Crippen molar-refractivity contribution in [1.82, 2.24) is 15.3 Å². The van der Waals surface area contributed by atoms with Crippen LogP contribution in [0.25, 0.3) is 0 Å². The number of rotatable bonds is 7. The normalized spacial score (nSPS) is 19.0. The molecule has 0 saturated carbocycles. The number of methoxy groups -OCH3 is 1. The van der Waals surface area contributed by atoms with Crippen molar-refractivity contribution in [3.63, 3.8) is 0 Å². The highest BCUT2D eigenvalue weighted by Crippen LogP contribution is 2.31. The number of hydrogen-bond donors (Lipinski definition) is 1. The van der Waals surface area contributed by atoms with Crippen LogP contribution in [0, 0.1) is 21.7 Å². The molecule has 2 aliphatic heterocycles. The molecule has 2 saturated heterocycles. The molecule has 0 aliphatic carbocycles. The van der Waals surface area contributed by atoms with E-state index in [0.717, 1.165) is 12.1 Å². The molecule has 0 bridgehead atoms. The Kier molecular flexibility index (Phi) is 8.04. The third kappa shape index (κ3) is 6.06. The van der Waals surface area contributed by atoms with Crippen molar-refractivity contribution in [1.29, 1.82) is 0 Å². The molecule has 3 heterocycles. The number of ether oxygens (including phenoxy) is 2. The molecule has 2 aromatic rings. The first-order valence-corrected chi connectivity index (χ1v) is 11.8. The summed E-state index contributed by atoms with van der Waals surface area (Å²) in [4.78, 5) is 25.3. The zero-order valence-electron chi connectivity index (χ0n) is 20.2. The monoisotopic (exact) mass is 540 g/mol. The number of amides is 1. The fourth-order valence-corrected chi connectivity index (χ4v) is 4.28. The minimum atomic E-state index is -0.803. The Balaban J connectivity index is 1.43. The standard InChI is InChI=1S/C22H26F2N6O6S/c1-26-5-6-27(7-8-28(26)12-15-3-4-19(35-15)30(32)33)20-17(23)9-14(10-18(20)24)29-13-16(36-22(29)31)11-25-21(37)34-2/h3-4,9-10,16H,5-8,11-13H2,1-2H3,(H,25,37)/t16-/m0/s1. The van der Waals surface area contributed by atoms with E-state index in [4.69, 9.17) is 26.1 Å². The van der Waals surface area contributed by atoms with Crippen molar-refractivity contribution in [3.8, 4) is 0 Å². The van der Waals surface area contributed by atoms with Gasteiger partial charge < -0.3 is 24.1 Å². The van der Waals surface area contributed by atoms with Crippen LogP contribution >= 0.6 is 12.2 Å². The lowest BCUT2D eigenvalue weighted by molar-refractivity contribution is -0.402. The summed E-state index contributed by atoms with van der Waals surface area (Å²) in [7, 11) is 3.22. The SMILES string of the molecule is COC(=S)NC[C@H]1CN(c2cc(F)c(N3CCN(C)N(Cc4ccc([N+](=O)[O-])o4)CC3)c(F)c2)C(=O)O1. The summed E-state index contributed by atoms with van der Waals surface area (Å²) in [6, 6.07) is 5.05. The fraction of sp³-hybridized carbons (Fsp3) is 0.455. The van der Waals surface area contributed by atoms with Crippen LogP contribution in [0.15, 0.2) is 28.7 Å². The summed E-state index contributed by atoms with van der Waals surface area (Å²) in [5.41, 5.74) is -0.141. The maximum atomic E-state index is 15.2. The van der Waals surface area contributed by atoms with E-state index in [9.17, 15) is 14.9 Å². The van der Waals surface area contributed by atoms with Crippen molar-refractivity contribution in [3.05, 3.63) is 51.8 Å². The number of hydrazine groups is 1. The maximum Gasteiger partial charge on any atom is 0.433 e. The Morgan fingerprint density at radius 2 is 1.95 bits per heavy atom. The predicted octanol–water partition coefficient (Wildman–Crippen LogP) is 2.48. The second-order valence-corrected chi connectivity index (χ2v) is 8.87. The molecule has 0 spiro atoms. The van der Waals surface area contributed by atoms with Crippen molar-refractivity contribution < 1.29 is 32.4 Å². The largest absolute Gasteiger partial charge is 0.474 e. The van der Waals surface area contributed by atoms with Gasteiger partial charge in [0.2, 0.25) is 0 Å². The van der Waals surface area contributed by atoms with Gasteiger partial charge >= 0.3 is 12.0 Å². The van der Waals surface area contributed by atoms with Gasteiger partial charge in [-0.25, -0.2) is 23.6 Å². The van der Waals surface area contributed by atoms with Gasteiger partial charge in [0.25, 0.3) is 5.17 Å². The van der Waals surface area contributed by atoms with E-state index >= 15 is 8.78 Å². The van der Waals surface area contributed by atoms with E-state index in [1.807, 2.05) is 17.1 Å². The summed E-state index contributed by atoms with van der Waals surface area (Å²) >= 11 is 4.89. The molecule has 200 valence electrons. The molecular weight excluding hydrogens is 514 g/mol. The smallest absolute Gasteiger partial charge is 0.433 e. The van der Waals surface area contributed by atoms with Gasteiger partial charge in [0.15, 0.2) is 11.6 Å². The summed E-state index contributed by atoms with van der Waals surface area (Å²) in [6.07, 6.45) is -1.29. The highest BCUT2D eigenvalue weighted by atomic mass is 32.1. The van der Waals surface area contributed by atoms with E-state index in [1.54, 1.807) is 4.90 Å². The topological polar surface area (TPSA) is 117 Å². The molecule has 15 heteroatoms. The number of carbonyl (C=O) groups is 1. The lowest BCUT2D eigenvalue weighted by Gasteiger charge is -2.28. The van der Waals surface area contributed by atoms with Gasteiger partial charge in [-0.05, 0) is 18.3 Å². The average molecular weight is 541 g/mol. The Morgan fingerprint density at radius 1 is 1.24 bits per heavy atom. The molecule has 1 aromatic heterocycles. The van der Waals surface area contributed by atoms with Gasteiger partial charge in [0, 0.05) is 45.4 Å². The number of nitrogens with zero attached hydrogens (tertiary/aromatic N) is 5. The molecule has 37 heavy (non-hydrogen) atoms. The molecule has 2 fully saturated rings. The van der Waals surface area contributed by atoms with E-state index in [-0.39, 0.29) is 42.1 Å². The number of cyclic esters (lactones) is 1. The summed E-state index contributed by atoms with van der Waals surface area (Å²) in [6.45, 7) is 2.01. The number of hydrogen-bond acceptors (Lipinski definition) is 10. The van der Waals surface area contributed by atoms with E-state index < -0.39 is 28.8 Å². The molecule has 12 nitrogen and oxygen atoms in total. The lowest BCUT2D eigenvalue weighted by atomic mass is 10.2.